The molecule has 3 heterocycles. The van der Waals surface area contributed by atoms with Crippen LogP contribution in [0.1, 0.15) is 72.5 Å². The molecule has 1 aliphatic carbocycles. The second-order valence-electron chi connectivity index (χ2n) is 9.42. The minimum absolute atomic E-state index is 0.00782. The van der Waals surface area contributed by atoms with Crippen LogP contribution in [0, 0.1) is 5.92 Å². The van der Waals surface area contributed by atoms with Crippen LogP contribution in [0.25, 0.3) is 5.65 Å². The number of hydrogen-bond acceptors (Lipinski definition) is 8. The second-order valence-corrected chi connectivity index (χ2v) is 9.42. The zero-order valence-corrected chi connectivity index (χ0v) is 21.2. The van der Waals surface area contributed by atoms with Gasteiger partial charge in [0.1, 0.15) is 5.69 Å². The number of halogens is 5. The molecule has 3 aromatic rings. The first-order valence-corrected chi connectivity index (χ1v) is 12.3. The molecule has 0 aliphatic heterocycles. The van der Waals surface area contributed by atoms with Gasteiger partial charge in [-0.1, -0.05) is 0 Å². The number of fused-ring (bicyclic) bond motifs is 1. The molecule has 11 nitrogen and oxygen atoms in total. The molecular formula is C24H26F5N7O4. The van der Waals surface area contributed by atoms with E-state index in [1.54, 1.807) is 0 Å². The van der Waals surface area contributed by atoms with Crippen LogP contribution in [-0.2, 0) is 4.79 Å². The predicted molar refractivity (Wildman–Crippen MR) is 127 cm³/mol. The van der Waals surface area contributed by atoms with Gasteiger partial charge >= 0.3 is 12.2 Å². The average molecular weight is 572 g/mol. The highest BCUT2D eigenvalue weighted by Crippen LogP contribution is 2.41. The van der Waals surface area contributed by atoms with Crippen molar-refractivity contribution >= 4 is 17.5 Å². The van der Waals surface area contributed by atoms with E-state index in [4.69, 9.17) is 4.74 Å². The van der Waals surface area contributed by atoms with Crippen LogP contribution in [0.3, 0.4) is 0 Å². The van der Waals surface area contributed by atoms with E-state index in [0.717, 1.165) is 0 Å². The van der Waals surface area contributed by atoms with Gasteiger partial charge < -0.3 is 20.5 Å². The largest absolute Gasteiger partial charge is 0.467 e. The van der Waals surface area contributed by atoms with Gasteiger partial charge in [0.2, 0.25) is 11.8 Å². The van der Waals surface area contributed by atoms with Crippen LogP contribution in [0.4, 0.5) is 22.0 Å². The monoisotopic (exact) mass is 571 g/mol. The molecule has 1 fully saturated rings. The molecule has 1 aliphatic rings. The van der Waals surface area contributed by atoms with Crippen molar-refractivity contribution in [1.82, 2.24) is 35.2 Å². The highest BCUT2D eigenvalue weighted by molar-refractivity contribution is 5.92. The Balaban J connectivity index is 1.56. The third-order valence-electron chi connectivity index (χ3n) is 6.50. The number of aliphatic hydroxyl groups is 1. The highest BCUT2D eigenvalue weighted by atomic mass is 19.4. The zero-order chi connectivity index (χ0) is 29.1. The zero-order valence-electron chi connectivity index (χ0n) is 21.2. The molecule has 0 saturated heterocycles. The first kappa shape index (κ1) is 29.0. The van der Waals surface area contributed by atoms with Gasteiger partial charge in [0.05, 0.1) is 37.7 Å². The molecule has 0 aromatic carbocycles. The summed E-state index contributed by atoms with van der Waals surface area (Å²) in [5, 5.41) is 19.3. The number of carbonyl (C=O) groups excluding carboxylic acids is 2. The summed E-state index contributed by atoms with van der Waals surface area (Å²) in [7, 11) is 1.34. The number of alkyl halides is 5. The summed E-state index contributed by atoms with van der Waals surface area (Å²) in [5.74, 6) is -4.81. The first-order valence-electron chi connectivity index (χ1n) is 12.3. The maximum Gasteiger partial charge on any atom is 0.389 e. The van der Waals surface area contributed by atoms with Gasteiger partial charge in [-0.15, -0.1) is 0 Å². The first-order chi connectivity index (χ1) is 18.8. The molecule has 40 heavy (non-hydrogen) atoms. The summed E-state index contributed by atoms with van der Waals surface area (Å²) < 4.78 is 71.1. The summed E-state index contributed by atoms with van der Waals surface area (Å²) in [6.45, 7) is 0. The number of rotatable bonds is 9. The van der Waals surface area contributed by atoms with Crippen LogP contribution in [0.2, 0.25) is 0 Å². The van der Waals surface area contributed by atoms with E-state index in [-0.39, 0.29) is 48.6 Å². The maximum absolute atomic E-state index is 13.9. The Morgan fingerprint density at radius 2 is 1.95 bits per heavy atom. The quantitative estimate of drug-likeness (QED) is 0.262. The number of aliphatic hydroxyl groups excluding tert-OH is 1. The van der Waals surface area contributed by atoms with E-state index in [1.165, 1.54) is 42.3 Å². The van der Waals surface area contributed by atoms with Gasteiger partial charge in [0.25, 0.3) is 5.91 Å². The van der Waals surface area contributed by atoms with Crippen LogP contribution in [-0.4, -0.2) is 60.7 Å². The van der Waals surface area contributed by atoms with Crippen LogP contribution < -0.4 is 15.4 Å². The van der Waals surface area contributed by atoms with Crippen LogP contribution in [0.15, 0.2) is 30.7 Å². The third-order valence-corrected chi connectivity index (χ3v) is 6.50. The minimum Gasteiger partial charge on any atom is -0.467 e. The SMILES string of the molecule is COc1nccc(C(=O)N[C@H](c2cn3ncc([C@@H](O)NC(=O)CCC(F)(F)F)cc3n2)C2CCC(F)(F)CC2)n1. The van der Waals surface area contributed by atoms with E-state index < -0.39 is 54.9 Å². The fourth-order valence-electron chi connectivity index (χ4n) is 4.38. The summed E-state index contributed by atoms with van der Waals surface area (Å²) in [6, 6.07) is 1.89. The molecule has 16 heteroatoms. The lowest BCUT2D eigenvalue weighted by atomic mass is 9.81. The number of nitrogens with zero attached hydrogens (tertiary/aromatic N) is 5. The molecule has 1 saturated carbocycles. The minimum atomic E-state index is -4.52. The van der Waals surface area contributed by atoms with Crippen molar-refractivity contribution in [2.45, 2.75) is 62.9 Å². The molecule has 2 amide bonds. The van der Waals surface area contributed by atoms with Crippen molar-refractivity contribution in [1.29, 1.82) is 0 Å². The molecule has 0 spiro atoms. The van der Waals surface area contributed by atoms with E-state index in [1.807, 2.05) is 0 Å². The van der Waals surface area contributed by atoms with Crippen molar-refractivity contribution in [3.8, 4) is 6.01 Å². The summed E-state index contributed by atoms with van der Waals surface area (Å²) in [5.41, 5.74) is 0.528. The Bertz CT molecular complexity index is 1360. The molecule has 0 unspecified atom stereocenters. The Morgan fingerprint density at radius 3 is 2.62 bits per heavy atom. The number of amides is 2. The van der Waals surface area contributed by atoms with Gasteiger partial charge in [-0.05, 0) is 30.9 Å². The molecule has 3 aromatic heterocycles. The van der Waals surface area contributed by atoms with Gasteiger partial charge in [-0.3, -0.25) is 9.59 Å². The predicted octanol–water partition coefficient (Wildman–Crippen LogP) is 3.27. The third kappa shape index (κ3) is 7.37. The normalized spacial score (nSPS) is 17.3. The standard InChI is InChI=1S/C24H26F5N7O4/c1-40-22-30-9-5-15(33-22)21(39)35-19(13-2-6-23(25,26)7-3-13)16-12-36-17(32-16)10-14(11-31-36)20(38)34-18(37)4-8-24(27,28)29/h5,9-13,19-20,38H,2-4,6-8H2,1H3,(H,34,37)(H,35,39)/t19-,20+/m0/s1. The van der Waals surface area contributed by atoms with E-state index in [2.05, 4.69) is 30.7 Å². The maximum atomic E-state index is 13.9. The van der Waals surface area contributed by atoms with E-state index in [0.29, 0.717) is 5.69 Å². The van der Waals surface area contributed by atoms with Crippen LogP contribution in [0.5, 0.6) is 6.01 Å². The molecule has 4 rings (SSSR count). The van der Waals surface area contributed by atoms with Crippen molar-refractivity contribution in [3.63, 3.8) is 0 Å². The highest BCUT2D eigenvalue weighted by Gasteiger charge is 2.39. The molecule has 3 N–H and O–H groups in total. The van der Waals surface area contributed by atoms with Crippen molar-refractivity contribution < 1.29 is 41.4 Å². The molecule has 216 valence electrons. The van der Waals surface area contributed by atoms with Crippen molar-refractivity contribution in [2.75, 3.05) is 7.11 Å². The number of nitrogens with one attached hydrogen (secondary N) is 2. The lowest BCUT2D eigenvalue weighted by Crippen LogP contribution is -2.37. The van der Waals surface area contributed by atoms with Gasteiger partial charge in [-0.25, -0.2) is 23.3 Å². The van der Waals surface area contributed by atoms with E-state index in [9.17, 15) is 36.6 Å². The summed E-state index contributed by atoms with van der Waals surface area (Å²) in [4.78, 5) is 37.2. The number of hydrogen-bond donors (Lipinski definition) is 3. The Morgan fingerprint density at radius 1 is 1.23 bits per heavy atom. The number of aromatic nitrogens is 5. The van der Waals surface area contributed by atoms with Crippen molar-refractivity contribution in [3.05, 3.63) is 47.7 Å². The number of methoxy groups -OCH3 is 1. The molecular weight excluding hydrogens is 545 g/mol. The average Bonchev–Trinajstić information content (AvgIpc) is 3.33. The number of ether oxygens (including phenoxy) is 1. The summed E-state index contributed by atoms with van der Waals surface area (Å²) in [6.07, 6.45) is -4.85. The van der Waals surface area contributed by atoms with Crippen LogP contribution >= 0.6 is 0 Å². The molecule has 0 bridgehead atoms. The lowest BCUT2D eigenvalue weighted by molar-refractivity contribution is -0.145. The molecule has 2 atom stereocenters. The fraction of sp³-hybridized carbons (Fsp3) is 0.500. The van der Waals surface area contributed by atoms with Gasteiger partial charge in [0, 0.05) is 31.0 Å². The second kappa shape index (κ2) is 11.7. The number of carbonyl (C=O) groups is 2. The molecule has 0 radical (unpaired) electrons. The van der Waals surface area contributed by atoms with Gasteiger partial charge in [-0.2, -0.15) is 23.3 Å². The van der Waals surface area contributed by atoms with E-state index >= 15 is 0 Å². The smallest absolute Gasteiger partial charge is 0.389 e. The van der Waals surface area contributed by atoms with Crippen molar-refractivity contribution in [2.24, 2.45) is 5.92 Å². The Kier molecular flexibility index (Phi) is 8.46. The van der Waals surface area contributed by atoms with Gasteiger partial charge in [0.15, 0.2) is 11.9 Å². The lowest BCUT2D eigenvalue weighted by Gasteiger charge is -2.33. The Hall–Kier alpha value is -3.95. The number of imidazole rings is 1. The Labute approximate surface area is 224 Å². The topological polar surface area (TPSA) is 144 Å². The fourth-order valence-corrected chi connectivity index (χ4v) is 4.38. The summed E-state index contributed by atoms with van der Waals surface area (Å²) >= 11 is 0.